The van der Waals surface area contributed by atoms with Crippen LogP contribution >= 0.6 is 0 Å². The van der Waals surface area contributed by atoms with Crippen LogP contribution < -0.4 is 5.32 Å². The van der Waals surface area contributed by atoms with E-state index in [1.54, 1.807) is 0 Å². The van der Waals surface area contributed by atoms with Crippen molar-refractivity contribution < 1.29 is 24.2 Å². The standard InChI is InChI=1S/C16H21NO5.C4H10/c1-10(18)17-13(14(19)20)15(21)22-9-11-5-7-12(8-6-11)16(2,3)4;1-3-4-2/h5-8,13H,9H2,1-4H3,(H,17,18)(H,19,20);3-4H2,1-2H3. The van der Waals surface area contributed by atoms with E-state index in [-0.39, 0.29) is 12.0 Å². The molecule has 1 rings (SSSR count). The molecule has 0 heterocycles. The summed E-state index contributed by atoms with van der Waals surface area (Å²) in [4.78, 5) is 33.5. The van der Waals surface area contributed by atoms with Crippen molar-refractivity contribution in [3.05, 3.63) is 35.4 Å². The number of carbonyl (C=O) groups is 3. The molecule has 0 saturated carbocycles. The van der Waals surface area contributed by atoms with Gasteiger partial charge >= 0.3 is 11.9 Å². The molecule has 0 spiro atoms. The Morgan fingerprint density at radius 1 is 1.08 bits per heavy atom. The Morgan fingerprint density at radius 3 is 1.92 bits per heavy atom. The summed E-state index contributed by atoms with van der Waals surface area (Å²) in [6.45, 7) is 11.7. The summed E-state index contributed by atoms with van der Waals surface area (Å²) >= 11 is 0. The number of ether oxygens (including phenoxy) is 1. The van der Waals surface area contributed by atoms with Crippen molar-refractivity contribution in [2.75, 3.05) is 0 Å². The minimum atomic E-state index is -1.69. The number of unbranched alkanes of at least 4 members (excludes halogenated alkanes) is 1. The van der Waals surface area contributed by atoms with E-state index in [0.29, 0.717) is 0 Å². The van der Waals surface area contributed by atoms with Crippen molar-refractivity contribution in [1.82, 2.24) is 5.32 Å². The molecule has 0 fully saturated rings. The van der Waals surface area contributed by atoms with Gasteiger partial charge < -0.3 is 15.2 Å². The Kier molecular flexibility index (Phi) is 10.3. The van der Waals surface area contributed by atoms with Gasteiger partial charge in [-0.15, -0.1) is 0 Å². The molecule has 26 heavy (non-hydrogen) atoms. The van der Waals surface area contributed by atoms with Crippen LogP contribution in [0.2, 0.25) is 0 Å². The number of hydrogen-bond acceptors (Lipinski definition) is 4. The highest BCUT2D eigenvalue weighted by atomic mass is 16.5. The Balaban J connectivity index is 0.00000141. The summed E-state index contributed by atoms with van der Waals surface area (Å²) in [5, 5.41) is 10.9. The summed E-state index contributed by atoms with van der Waals surface area (Å²) < 4.78 is 4.94. The van der Waals surface area contributed by atoms with Gasteiger partial charge in [-0.2, -0.15) is 0 Å². The minimum absolute atomic E-state index is 0.0228. The lowest BCUT2D eigenvalue weighted by atomic mass is 9.87. The molecule has 0 aliphatic heterocycles. The lowest BCUT2D eigenvalue weighted by Crippen LogP contribution is -2.46. The monoisotopic (exact) mass is 365 g/mol. The highest BCUT2D eigenvalue weighted by Crippen LogP contribution is 2.22. The highest BCUT2D eigenvalue weighted by Gasteiger charge is 2.28. The van der Waals surface area contributed by atoms with Gasteiger partial charge in [0.2, 0.25) is 11.9 Å². The predicted molar refractivity (Wildman–Crippen MR) is 101 cm³/mol. The van der Waals surface area contributed by atoms with E-state index in [9.17, 15) is 14.4 Å². The van der Waals surface area contributed by atoms with Gasteiger partial charge in [-0.25, -0.2) is 9.59 Å². The molecule has 1 amide bonds. The molecule has 1 aromatic rings. The molecule has 0 saturated heterocycles. The Morgan fingerprint density at radius 2 is 1.58 bits per heavy atom. The summed E-state index contributed by atoms with van der Waals surface area (Å²) in [7, 11) is 0. The van der Waals surface area contributed by atoms with Crippen LogP contribution in [0.15, 0.2) is 24.3 Å². The number of nitrogens with one attached hydrogen (secondary N) is 1. The molecule has 0 radical (unpaired) electrons. The van der Waals surface area contributed by atoms with Gasteiger partial charge in [0.05, 0.1) is 0 Å². The molecule has 2 N–H and O–H groups in total. The van der Waals surface area contributed by atoms with Gasteiger partial charge in [-0.3, -0.25) is 4.79 Å². The van der Waals surface area contributed by atoms with Crippen molar-refractivity contribution in [3.63, 3.8) is 0 Å². The van der Waals surface area contributed by atoms with E-state index in [1.165, 1.54) is 12.8 Å². The maximum Gasteiger partial charge on any atom is 0.340 e. The highest BCUT2D eigenvalue weighted by molar-refractivity contribution is 6.01. The van der Waals surface area contributed by atoms with Crippen LogP contribution in [0.4, 0.5) is 0 Å². The number of rotatable bonds is 6. The molecule has 0 aromatic heterocycles. The second-order valence-corrected chi connectivity index (χ2v) is 7.03. The number of esters is 1. The molecule has 1 unspecified atom stereocenters. The molecular formula is C20H31NO5. The number of carboxylic acids is 1. The molecule has 0 bridgehead atoms. The molecule has 0 aliphatic rings. The first-order valence-electron chi connectivity index (χ1n) is 8.78. The fraction of sp³-hybridized carbons (Fsp3) is 0.550. The average molecular weight is 365 g/mol. The fourth-order valence-corrected chi connectivity index (χ4v) is 1.76. The van der Waals surface area contributed by atoms with Crippen LogP contribution in [0.5, 0.6) is 0 Å². The molecule has 6 nitrogen and oxygen atoms in total. The van der Waals surface area contributed by atoms with E-state index < -0.39 is 23.9 Å². The average Bonchev–Trinajstić information content (AvgIpc) is 2.57. The molecule has 1 atom stereocenters. The van der Waals surface area contributed by atoms with Crippen LogP contribution in [0.3, 0.4) is 0 Å². The number of amides is 1. The van der Waals surface area contributed by atoms with E-state index >= 15 is 0 Å². The van der Waals surface area contributed by atoms with E-state index in [2.05, 4.69) is 34.6 Å². The first kappa shape index (κ1) is 23.6. The van der Waals surface area contributed by atoms with Crippen molar-refractivity contribution in [2.24, 2.45) is 0 Å². The normalized spacial score (nSPS) is 11.6. The Bertz CT molecular complexity index is 585. The smallest absolute Gasteiger partial charge is 0.340 e. The number of carbonyl (C=O) groups excluding carboxylic acids is 2. The largest absolute Gasteiger partial charge is 0.479 e. The van der Waals surface area contributed by atoms with Crippen molar-refractivity contribution >= 4 is 17.8 Å². The third kappa shape index (κ3) is 9.20. The zero-order valence-electron chi connectivity index (χ0n) is 16.6. The van der Waals surface area contributed by atoms with Crippen LogP contribution in [0, 0.1) is 0 Å². The van der Waals surface area contributed by atoms with Gasteiger partial charge in [-0.1, -0.05) is 71.7 Å². The first-order valence-corrected chi connectivity index (χ1v) is 8.78. The Hall–Kier alpha value is -2.37. The zero-order chi connectivity index (χ0) is 20.3. The van der Waals surface area contributed by atoms with Crippen molar-refractivity contribution in [1.29, 1.82) is 0 Å². The maximum atomic E-state index is 11.7. The zero-order valence-corrected chi connectivity index (χ0v) is 16.6. The lowest BCUT2D eigenvalue weighted by Gasteiger charge is -2.19. The van der Waals surface area contributed by atoms with E-state index in [0.717, 1.165) is 18.1 Å². The minimum Gasteiger partial charge on any atom is -0.479 e. The van der Waals surface area contributed by atoms with Gasteiger partial charge in [0.15, 0.2) is 0 Å². The SMILES string of the molecule is CC(=O)NC(C(=O)O)C(=O)OCc1ccc(C(C)(C)C)cc1.CCCC. The van der Waals surface area contributed by atoms with Crippen LogP contribution in [-0.4, -0.2) is 29.0 Å². The van der Waals surface area contributed by atoms with Gasteiger partial charge in [0, 0.05) is 6.92 Å². The van der Waals surface area contributed by atoms with E-state index in [4.69, 9.17) is 9.84 Å². The summed E-state index contributed by atoms with van der Waals surface area (Å²) in [5.41, 5.74) is 1.91. The first-order chi connectivity index (χ1) is 12.0. The number of hydrogen-bond donors (Lipinski definition) is 2. The lowest BCUT2D eigenvalue weighted by molar-refractivity contribution is -0.157. The number of carboxylic acid groups (broad SMARTS) is 1. The molecular weight excluding hydrogens is 334 g/mol. The van der Waals surface area contributed by atoms with Crippen molar-refractivity contribution in [2.45, 2.75) is 72.4 Å². The van der Waals surface area contributed by atoms with Crippen LogP contribution in [0.25, 0.3) is 0 Å². The van der Waals surface area contributed by atoms with Crippen molar-refractivity contribution in [3.8, 4) is 0 Å². The second kappa shape index (κ2) is 11.3. The summed E-state index contributed by atoms with van der Waals surface area (Å²) in [6.07, 6.45) is 2.64. The third-order valence-electron chi connectivity index (χ3n) is 3.53. The van der Waals surface area contributed by atoms with Gasteiger partial charge in [0.25, 0.3) is 0 Å². The van der Waals surface area contributed by atoms with Crippen LogP contribution in [0.1, 0.15) is 65.5 Å². The second-order valence-electron chi connectivity index (χ2n) is 7.03. The molecule has 146 valence electrons. The molecule has 6 heteroatoms. The summed E-state index contributed by atoms with van der Waals surface area (Å²) in [6, 6.07) is 5.83. The van der Waals surface area contributed by atoms with Crippen LogP contribution in [-0.2, 0) is 31.1 Å². The number of aliphatic carboxylic acids is 1. The summed E-state index contributed by atoms with van der Waals surface area (Å²) in [5.74, 6) is -3.07. The van der Waals surface area contributed by atoms with E-state index in [1.807, 2.05) is 29.6 Å². The van der Waals surface area contributed by atoms with Gasteiger partial charge in [-0.05, 0) is 16.5 Å². The fourth-order valence-electron chi connectivity index (χ4n) is 1.76. The maximum absolute atomic E-state index is 11.7. The molecule has 0 aliphatic carbocycles. The molecule has 1 aromatic carbocycles. The number of benzene rings is 1. The third-order valence-corrected chi connectivity index (χ3v) is 3.53. The quantitative estimate of drug-likeness (QED) is 0.595. The predicted octanol–water partition coefficient (Wildman–Crippen LogP) is 3.42. The Labute approximate surface area is 155 Å². The van der Waals surface area contributed by atoms with Gasteiger partial charge in [0.1, 0.15) is 6.61 Å². The topological polar surface area (TPSA) is 92.7 Å².